The van der Waals surface area contributed by atoms with E-state index in [2.05, 4.69) is 15.5 Å². The Balaban J connectivity index is 2.57. The van der Waals surface area contributed by atoms with Crippen LogP contribution in [0.1, 0.15) is 5.56 Å². The molecule has 0 unspecified atom stereocenters. The fraction of sp³-hybridized carbons (Fsp3) is 0.125. The molecule has 6 heteroatoms. The van der Waals surface area contributed by atoms with Crippen molar-refractivity contribution in [1.82, 2.24) is 20.2 Å². The van der Waals surface area contributed by atoms with Crippen LogP contribution in [0.3, 0.4) is 0 Å². The van der Waals surface area contributed by atoms with Crippen molar-refractivity contribution < 1.29 is 8.78 Å². The molecule has 0 atom stereocenters. The standard InChI is InChI=1S/C8H6F2N4/c1-5-7(9)2-6(3-8(5)10)14-4-11-12-13-14/h2-4H,1H3. The maximum atomic E-state index is 13.1. The van der Waals surface area contributed by atoms with Gasteiger partial charge < -0.3 is 0 Å². The Hall–Kier alpha value is -1.85. The van der Waals surface area contributed by atoms with E-state index < -0.39 is 11.6 Å². The molecular formula is C8H6F2N4. The van der Waals surface area contributed by atoms with Gasteiger partial charge in [-0.1, -0.05) is 0 Å². The molecule has 14 heavy (non-hydrogen) atoms. The summed E-state index contributed by atoms with van der Waals surface area (Å²) in [4.78, 5) is 0. The average Bonchev–Trinajstić information content (AvgIpc) is 2.66. The van der Waals surface area contributed by atoms with Crippen LogP contribution >= 0.6 is 0 Å². The van der Waals surface area contributed by atoms with Crippen LogP contribution in [0.5, 0.6) is 0 Å². The van der Waals surface area contributed by atoms with E-state index in [0.29, 0.717) is 0 Å². The molecule has 2 aromatic rings. The monoisotopic (exact) mass is 196 g/mol. The maximum Gasteiger partial charge on any atom is 0.143 e. The summed E-state index contributed by atoms with van der Waals surface area (Å²) in [5.41, 5.74) is 0.248. The van der Waals surface area contributed by atoms with Crippen molar-refractivity contribution in [2.24, 2.45) is 0 Å². The largest absolute Gasteiger partial charge is 0.207 e. The van der Waals surface area contributed by atoms with Crippen LogP contribution in [-0.2, 0) is 0 Å². The second-order valence-electron chi connectivity index (χ2n) is 2.79. The lowest BCUT2D eigenvalue weighted by molar-refractivity contribution is 0.564. The first-order valence-electron chi connectivity index (χ1n) is 3.87. The molecule has 0 aliphatic carbocycles. The van der Waals surface area contributed by atoms with E-state index in [0.717, 1.165) is 0 Å². The molecule has 0 spiro atoms. The first kappa shape index (κ1) is 8.74. The Kier molecular flexibility index (Phi) is 1.95. The Labute approximate surface area is 78.2 Å². The zero-order valence-corrected chi connectivity index (χ0v) is 7.28. The number of hydrogen-bond acceptors (Lipinski definition) is 3. The lowest BCUT2D eigenvalue weighted by Crippen LogP contribution is -1.99. The highest BCUT2D eigenvalue weighted by molar-refractivity contribution is 5.35. The summed E-state index contributed by atoms with van der Waals surface area (Å²) >= 11 is 0. The van der Waals surface area contributed by atoms with Crippen LogP contribution in [0.4, 0.5) is 8.78 Å². The van der Waals surface area contributed by atoms with Crippen LogP contribution in [0.25, 0.3) is 5.69 Å². The van der Waals surface area contributed by atoms with Crippen molar-refractivity contribution in [3.05, 3.63) is 35.7 Å². The van der Waals surface area contributed by atoms with Gasteiger partial charge in [-0.15, -0.1) is 5.10 Å². The molecule has 0 aliphatic heterocycles. The molecule has 4 nitrogen and oxygen atoms in total. The minimum atomic E-state index is -0.615. The Morgan fingerprint density at radius 2 is 1.86 bits per heavy atom. The van der Waals surface area contributed by atoms with Crippen molar-refractivity contribution in [2.45, 2.75) is 6.92 Å². The number of hydrogen-bond donors (Lipinski definition) is 0. The van der Waals surface area contributed by atoms with Crippen LogP contribution in [0.15, 0.2) is 18.5 Å². The van der Waals surface area contributed by atoms with Crippen LogP contribution in [-0.4, -0.2) is 20.2 Å². The predicted octanol–water partition coefficient (Wildman–Crippen LogP) is 1.25. The van der Waals surface area contributed by atoms with E-state index in [1.807, 2.05) is 0 Å². The van der Waals surface area contributed by atoms with Gasteiger partial charge in [-0.25, -0.2) is 13.5 Å². The summed E-state index contributed by atoms with van der Waals surface area (Å²) < 4.78 is 27.4. The molecule has 1 heterocycles. The first-order valence-corrected chi connectivity index (χ1v) is 3.87. The normalized spacial score (nSPS) is 10.5. The van der Waals surface area contributed by atoms with Gasteiger partial charge in [0.15, 0.2) is 0 Å². The summed E-state index contributed by atoms with van der Waals surface area (Å²) in [5.74, 6) is -1.23. The Morgan fingerprint density at radius 1 is 1.21 bits per heavy atom. The lowest BCUT2D eigenvalue weighted by atomic mass is 10.2. The minimum Gasteiger partial charge on any atom is -0.207 e. The van der Waals surface area contributed by atoms with Crippen LogP contribution in [0, 0.1) is 18.6 Å². The zero-order chi connectivity index (χ0) is 10.1. The smallest absolute Gasteiger partial charge is 0.143 e. The Morgan fingerprint density at radius 3 is 2.36 bits per heavy atom. The number of aromatic nitrogens is 4. The summed E-state index contributed by atoms with van der Waals surface area (Å²) in [7, 11) is 0. The molecule has 0 aliphatic rings. The second-order valence-corrected chi connectivity index (χ2v) is 2.79. The molecule has 0 radical (unpaired) electrons. The Bertz CT molecular complexity index is 429. The summed E-state index contributed by atoms with van der Waals surface area (Å²) in [6, 6.07) is 2.35. The maximum absolute atomic E-state index is 13.1. The van der Waals surface area contributed by atoms with E-state index in [1.54, 1.807) is 0 Å². The summed E-state index contributed by atoms with van der Waals surface area (Å²) in [6.07, 6.45) is 1.27. The van der Waals surface area contributed by atoms with E-state index in [4.69, 9.17) is 0 Å². The van der Waals surface area contributed by atoms with Gasteiger partial charge in [0.05, 0.1) is 5.69 Å². The molecule has 0 bridgehead atoms. The topological polar surface area (TPSA) is 43.6 Å². The number of benzene rings is 1. The highest BCUT2D eigenvalue weighted by Gasteiger charge is 2.08. The van der Waals surface area contributed by atoms with Gasteiger partial charge in [0.25, 0.3) is 0 Å². The first-order chi connectivity index (χ1) is 6.68. The molecule has 2 rings (SSSR count). The van der Waals surface area contributed by atoms with E-state index in [9.17, 15) is 8.78 Å². The molecule has 0 N–H and O–H groups in total. The van der Waals surface area contributed by atoms with E-state index >= 15 is 0 Å². The molecule has 0 amide bonds. The van der Waals surface area contributed by atoms with Crippen LogP contribution in [0.2, 0.25) is 0 Å². The molecular weight excluding hydrogens is 190 g/mol. The highest BCUT2D eigenvalue weighted by atomic mass is 19.1. The zero-order valence-electron chi connectivity index (χ0n) is 7.28. The number of tetrazole rings is 1. The number of nitrogens with zero attached hydrogens (tertiary/aromatic N) is 4. The number of rotatable bonds is 1. The molecule has 0 fully saturated rings. The van der Waals surface area contributed by atoms with E-state index in [-0.39, 0.29) is 11.3 Å². The van der Waals surface area contributed by atoms with Gasteiger partial charge in [0.2, 0.25) is 0 Å². The van der Waals surface area contributed by atoms with Gasteiger partial charge in [0, 0.05) is 17.7 Å². The fourth-order valence-electron chi connectivity index (χ4n) is 1.04. The second kappa shape index (κ2) is 3.13. The number of halogens is 2. The van der Waals surface area contributed by atoms with Gasteiger partial charge in [-0.05, 0) is 17.4 Å². The third-order valence-corrected chi connectivity index (χ3v) is 1.88. The van der Waals surface area contributed by atoms with Crippen molar-refractivity contribution >= 4 is 0 Å². The summed E-state index contributed by atoms with van der Waals surface area (Å²) in [5, 5.41) is 10.3. The predicted molar refractivity (Wildman–Crippen MR) is 43.8 cm³/mol. The van der Waals surface area contributed by atoms with Crippen molar-refractivity contribution in [3.63, 3.8) is 0 Å². The van der Waals surface area contributed by atoms with Crippen LogP contribution < -0.4 is 0 Å². The third-order valence-electron chi connectivity index (χ3n) is 1.88. The van der Waals surface area contributed by atoms with Gasteiger partial charge >= 0.3 is 0 Å². The van der Waals surface area contributed by atoms with Crippen molar-refractivity contribution in [1.29, 1.82) is 0 Å². The molecule has 0 saturated heterocycles. The lowest BCUT2D eigenvalue weighted by Gasteiger charge is -2.02. The van der Waals surface area contributed by atoms with Gasteiger partial charge in [-0.3, -0.25) is 0 Å². The summed E-state index contributed by atoms with van der Waals surface area (Å²) in [6.45, 7) is 1.37. The van der Waals surface area contributed by atoms with Gasteiger partial charge in [-0.2, -0.15) is 0 Å². The minimum absolute atomic E-state index is 0.0122. The third kappa shape index (κ3) is 1.34. The highest BCUT2D eigenvalue weighted by Crippen LogP contribution is 2.15. The van der Waals surface area contributed by atoms with Crippen molar-refractivity contribution in [2.75, 3.05) is 0 Å². The molecule has 72 valence electrons. The SMILES string of the molecule is Cc1c(F)cc(-n2cnnn2)cc1F. The quantitative estimate of drug-likeness (QED) is 0.689. The average molecular weight is 196 g/mol. The van der Waals surface area contributed by atoms with Crippen molar-refractivity contribution in [3.8, 4) is 5.69 Å². The molecule has 1 aromatic heterocycles. The fourth-order valence-corrected chi connectivity index (χ4v) is 1.04. The van der Waals surface area contributed by atoms with E-state index in [1.165, 1.54) is 30.1 Å². The molecule has 1 aromatic carbocycles. The molecule has 0 saturated carbocycles. The van der Waals surface area contributed by atoms with Gasteiger partial charge in [0.1, 0.15) is 18.0 Å².